The van der Waals surface area contributed by atoms with Crippen LogP contribution in [0, 0.1) is 32.8 Å². The Bertz CT molecular complexity index is 1040. The Morgan fingerprint density at radius 1 is 1.37 bits per heavy atom. The van der Waals surface area contributed by atoms with Crippen LogP contribution in [0.3, 0.4) is 0 Å². The molecule has 136 valence electrons. The molecule has 0 atom stereocenters. The molecule has 2 N–H and O–H groups in total. The van der Waals surface area contributed by atoms with E-state index in [2.05, 4.69) is 15.2 Å². The number of allylic oxidation sites excluding steroid dienone is 2. The van der Waals surface area contributed by atoms with Gasteiger partial charge in [-0.2, -0.15) is 28.8 Å². The summed E-state index contributed by atoms with van der Waals surface area (Å²) in [6, 6.07) is 5.01. The van der Waals surface area contributed by atoms with E-state index >= 15 is 0 Å². The van der Waals surface area contributed by atoms with Crippen molar-refractivity contribution in [2.24, 2.45) is 10.7 Å². The summed E-state index contributed by atoms with van der Waals surface area (Å²) in [5, 5.41) is 36.1. The number of aromatic nitrogens is 3. The van der Waals surface area contributed by atoms with Crippen molar-refractivity contribution in [2.75, 3.05) is 0 Å². The first kappa shape index (κ1) is 19.1. The molecular weight excluding hydrogens is 369 g/mol. The van der Waals surface area contributed by atoms with Gasteiger partial charge < -0.3 is 5.73 Å². The predicted octanol–water partition coefficient (Wildman–Crippen LogP) is 1.83. The zero-order chi connectivity index (χ0) is 20.2. The van der Waals surface area contributed by atoms with Gasteiger partial charge in [-0.05, 0) is 12.1 Å². The van der Waals surface area contributed by atoms with E-state index in [4.69, 9.17) is 16.3 Å². The first-order valence-electron chi connectivity index (χ1n) is 6.79. The van der Waals surface area contributed by atoms with Crippen molar-refractivity contribution in [2.45, 2.75) is 6.18 Å². The van der Waals surface area contributed by atoms with Gasteiger partial charge in [-0.3, -0.25) is 10.1 Å². The summed E-state index contributed by atoms with van der Waals surface area (Å²) >= 11 is 0. The van der Waals surface area contributed by atoms with Crippen molar-refractivity contribution in [3.63, 3.8) is 0 Å². The van der Waals surface area contributed by atoms with Crippen LogP contribution < -0.4 is 5.73 Å². The number of alkyl halides is 3. The van der Waals surface area contributed by atoms with Crippen LogP contribution in [0.25, 0.3) is 5.69 Å². The third kappa shape index (κ3) is 4.23. The van der Waals surface area contributed by atoms with E-state index in [1.807, 2.05) is 0 Å². The predicted molar refractivity (Wildman–Crippen MR) is 83.0 cm³/mol. The third-order valence-corrected chi connectivity index (χ3v) is 3.03. The average Bonchev–Trinajstić information content (AvgIpc) is 3.09. The number of nitrogens with two attached hydrogens (primary N) is 1. The maximum absolute atomic E-state index is 12.7. The Morgan fingerprint density at radius 2 is 2.07 bits per heavy atom. The summed E-state index contributed by atoms with van der Waals surface area (Å²) in [7, 11) is 0. The molecule has 0 saturated heterocycles. The molecule has 10 nitrogen and oxygen atoms in total. The Morgan fingerprint density at radius 3 is 2.63 bits per heavy atom. The molecule has 1 aromatic heterocycles. The van der Waals surface area contributed by atoms with Crippen molar-refractivity contribution in [1.29, 1.82) is 10.5 Å². The van der Waals surface area contributed by atoms with Crippen molar-refractivity contribution < 1.29 is 18.1 Å². The van der Waals surface area contributed by atoms with Crippen molar-refractivity contribution >= 4 is 11.9 Å². The lowest BCUT2D eigenvalue weighted by Crippen LogP contribution is -2.09. The van der Waals surface area contributed by atoms with Crippen molar-refractivity contribution in [1.82, 2.24) is 15.0 Å². The first-order chi connectivity index (χ1) is 12.7. The van der Waals surface area contributed by atoms with Gasteiger partial charge >= 0.3 is 6.18 Å². The SMILES string of the molecule is N#CC(N)=C(C#N)N=Cc1cnn(-c2ccc(C(F)(F)F)cc2[N+](=O)[O-])n1. The molecule has 2 rings (SSSR count). The Kier molecular flexibility index (Phi) is 5.17. The number of nitro groups is 1. The number of halogens is 3. The molecule has 0 aliphatic heterocycles. The van der Waals surface area contributed by atoms with Gasteiger partial charge in [0.1, 0.15) is 23.5 Å². The number of hydrogen-bond donors (Lipinski definition) is 1. The monoisotopic (exact) mass is 376 g/mol. The zero-order valence-electron chi connectivity index (χ0n) is 13.0. The van der Waals surface area contributed by atoms with E-state index in [0.29, 0.717) is 12.1 Å². The first-order valence-corrected chi connectivity index (χ1v) is 6.79. The van der Waals surface area contributed by atoms with Gasteiger partial charge in [-0.25, -0.2) is 4.99 Å². The van der Waals surface area contributed by atoms with Gasteiger partial charge in [0.15, 0.2) is 11.4 Å². The summed E-state index contributed by atoms with van der Waals surface area (Å²) in [6.45, 7) is 0. The maximum atomic E-state index is 12.7. The van der Waals surface area contributed by atoms with E-state index in [1.54, 1.807) is 6.07 Å². The van der Waals surface area contributed by atoms with E-state index in [0.717, 1.165) is 23.3 Å². The minimum Gasteiger partial charge on any atom is -0.388 e. The molecule has 0 aliphatic rings. The Balaban J connectivity index is 2.44. The Hall–Kier alpha value is -4.26. The molecule has 0 bridgehead atoms. The largest absolute Gasteiger partial charge is 0.416 e. The highest BCUT2D eigenvalue weighted by molar-refractivity contribution is 5.78. The fraction of sp³-hybridized carbons (Fsp3) is 0.0714. The van der Waals surface area contributed by atoms with Crippen LogP contribution in [-0.2, 0) is 6.18 Å². The second kappa shape index (κ2) is 7.32. The number of aliphatic imine (C=N–C) groups is 1. The summed E-state index contributed by atoms with van der Waals surface area (Å²) < 4.78 is 38.2. The van der Waals surface area contributed by atoms with Crippen molar-refractivity contribution in [3.8, 4) is 17.8 Å². The summed E-state index contributed by atoms with van der Waals surface area (Å²) in [4.78, 5) is 14.5. The van der Waals surface area contributed by atoms with Crippen LogP contribution >= 0.6 is 0 Å². The lowest BCUT2D eigenvalue weighted by atomic mass is 10.1. The Labute approximate surface area is 148 Å². The van der Waals surface area contributed by atoms with Crippen LogP contribution in [0.1, 0.15) is 11.3 Å². The lowest BCUT2D eigenvalue weighted by Gasteiger charge is -2.08. The molecule has 0 saturated carbocycles. The normalized spacial score (nSPS) is 12.3. The second-order valence-electron chi connectivity index (χ2n) is 4.76. The van der Waals surface area contributed by atoms with Crippen molar-refractivity contribution in [3.05, 3.63) is 57.2 Å². The van der Waals surface area contributed by atoms with Gasteiger partial charge in [0.05, 0.1) is 22.9 Å². The minimum absolute atomic E-state index is 0.0164. The number of rotatable bonds is 4. The summed E-state index contributed by atoms with van der Waals surface area (Å²) in [5.74, 6) is 0. The van der Waals surface area contributed by atoms with Crippen LogP contribution in [0.2, 0.25) is 0 Å². The molecule has 13 heteroatoms. The molecular formula is C14H7F3N8O2. The van der Waals surface area contributed by atoms with Crippen LogP contribution in [0.5, 0.6) is 0 Å². The molecule has 2 aromatic rings. The van der Waals surface area contributed by atoms with Gasteiger partial charge in [-0.15, -0.1) is 9.90 Å². The highest BCUT2D eigenvalue weighted by atomic mass is 19.4. The topological polar surface area (TPSA) is 160 Å². The molecule has 0 radical (unpaired) electrons. The summed E-state index contributed by atoms with van der Waals surface area (Å²) in [6.07, 6.45) is -2.63. The molecule has 0 spiro atoms. The zero-order valence-corrected chi connectivity index (χ0v) is 13.0. The highest BCUT2D eigenvalue weighted by Gasteiger charge is 2.33. The standard InChI is InChI=1S/C14H7F3N8O2/c15-14(16,17)8-1-2-12(13(3-8)25(26)27)24-22-7-9(23-24)6-21-11(5-19)10(20)4-18/h1-3,6-7H,20H2. The average molecular weight is 376 g/mol. The number of hydrogen-bond acceptors (Lipinski definition) is 8. The van der Waals surface area contributed by atoms with Gasteiger partial charge in [0.2, 0.25) is 0 Å². The minimum atomic E-state index is -4.75. The summed E-state index contributed by atoms with van der Waals surface area (Å²) in [5.41, 5.74) is 2.12. The fourth-order valence-electron chi connectivity index (χ4n) is 1.81. The molecule has 1 heterocycles. The van der Waals surface area contributed by atoms with E-state index in [-0.39, 0.29) is 17.1 Å². The van der Waals surface area contributed by atoms with Gasteiger partial charge in [-0.1, -0.05) is 0 Å². The highest BCUT2D eigenvalue weighted by Crippen LogP contribution is 2.33. The third-order valence-electron chi connectivity index (χ3n) is 3.03. The van der Waals surface area contributed by atoms with E-state index < -0.39 is 28.0 Å². The molecule has 0 unspecified atom stereocenters. The van der Waals surface area contributed by atoms with Crippen LogP contribution in [0.4, 0.5) is 18.9 Å². The van der Waals surface area contributed by atoms with E-state index in [1.165, 1.54) is 6.07 Å². The van der Waals surface area contributed by atoms with Gasteiger partial charge in [0.25, 0.3) is 5.69 Å². The maximum Gasteiger partial charge on any atom is 0.416 e. The second-order valence-corrected chi connectivity index (χ2v) is 4.76. The fourth-order valence-corrected chi connectivity index (χ4v) is 1.81. The van der Waals surface area contributed by atoms with Gasteiger partial charge in [0, 0.05) is 6.07 Å². The number of nitriles is 2. The number of nitro benzene ring substituents is 1. The quantitative estimate of drug-likeness (QED) is 0.368. The molecule has 1 aromatic carbocycles. The molecule has 0 amide bonds. The number of benzene rings is 1. The molecule has 0 fully saturated rings. The number of nitrogens with zero attached hydrogens (tertiary/aromatic N) is 7. The molecule has 0 aliphatic carbocycles. The smallest absolute Gasteiger partial charge is 0.388 e. The van der Waals surface area contributed by atoms with Crippen LogP contribution in [0.15, 0.2) is 40.8 Å². The lowest BCUT2D eigenvalue weighted by molar-refractivity contribution is -0.384. The van der Waals surface area contributed by atoms with E-state index in [9.17, 15) is 23.3 Å². The van der Waals surface area contributed by atoms with Crippen LogP contribution in [-0.4, -0.2) is 26.1 Å². The molecule has 27 heavy (non-hydrogen) atoms.